The molecule has 4 nitrogen and oxygen atoms in total. The molecular weight excluding hydrogens is 394 g/mol. The number of rotatable bonds is 6. The fourth-order valence-electron chi connectivity index (χ4n) is 2.29. The number of aromatic amines is 1. The van der Waals surface area contributed by atoms with Crippen LogP contribution < -0.4 is 10.6 Å². The largest absolute Gasteiger partial charge is 0.361 e. The van der Waals surface area contributed by atoms with E-state index in [0.717, 1.165) is 49.2 Å². The fourth-order valence-corrected chi connectivity index (χ4v) is 2.29. The van der Waals surface area contributed by atoms with E-state index in [1.807, 2.05) is 12.3 Å². The molecule has 2 aromatic rings. The molecule has 6 heteroatoms. The highest BCUT2D eigenvalue weighted by atomic mass is 127. The zero-order chi connectivity index (χ0) is 15.1. The number of aliphatic imine (C=N–C) groups is 1. The Bertz CT molecular complexity index is 609. The molecule has 0 saturated heterocycles. The van der Waals surface area contributed by atoms with Gasteiger partial charge in [0.2, 0.25) is 0 Å². The first kappa shape index (κ1) is 18.7. The van der Waals surface area contributed by atoms with E-state index in [2.05, 4.69) is 27.5 Å². The highest BCUT2D eigenvalue weighted by Gasteiger charge is 2.05. The first-order valence-corrected chi connectivity index (χ1v) is 7.44. The van der Waals surface area contributed by atoms with Gasteiger partial charge in [0.05, 0.1) is 0 Å². The van der Waals surface area contributed by atoms with Gasteiger partial charge in [-0.1, -0.05) is 13.3 Å². The predicted octanol–water partition coefficient (Wildman–Crippen LogP) is 3.43. The van der Waals surface area contributed by atoms with E-state index < -0.39 is 0 Å². The fraction of sp³-hybridized carbons (Fsp3) is 0.438. The third-order valence-corrected chi connectivity index (χ3v) is 3.46. The molecule has 0 amide bonds. The lowest BCUT2D eigenvalue weighted by molar-refractivity contribution is 0.629. The molecule has 0 bridgehead atoms. The van der Waals surface area contributed by atoms with Crippen molar-refractivity contribution in [3.8, 4) is 0 Å². The number of hydrogen-bond acceptors (Lipinski definition) is 1. The van der Waals surface area contributed by atoms with Gasteiger partial charge in [-0.3, -0.25) is 4.99 Å². The lowest BCUT2D eigenvalue weighted by Gasteiger charge is -2.11. The minimum atomic E-state index is -0.213. The summed E-state index contributed by atoms with van der Waals surface area (Å²) in [5.74, 6) is 0.615. The molecule has 122 valence electrons. The summed E-state index contributed by atoms with van der Waals surface area (Å²) in [5, 5.41) is 7.65. The van der Waals surface area contributed by atoms with E-state index in [0.29, 0.717) is 0 Å². The molecule has 0 aliphatic heterocycles. The van der Waals surface area contributed by atoms with Crippen LogP contribution in [0, 0.1) is 5.82 Å². The van der Waals surface area contributed by atoms with Gasteiger partial charge in [-0.2, -0.15) is 0 Å². The summed E-state index contributed by atoms with van der Waals surface area (Å²) in [5.41, 5.74) is 2.02. The van der Waals surface area contributed by atoms with Crippen molar-refractivity contribution in [1.82, 2.24) is 15.6 Å². The Labute approximate surface area is 148 Å². The molecule has 0 spiro atoms. The van der Waals surface area contributed by atoms with Gasteiger partial charge in [-0.05, 0) is 36.6 Å². The number of unbranched alkanes of at least 4 members (excludes halogenated alkanes) is 1. The van der Waals surface area contributed by atoms with E-state index in [-0.39, 0.29) is 29.8 Å². The number of hydrogen-bond donors (Lipinski definition) is 3. The van der Waals surface area contributed by atoms with Crippen molar-refractivity contribution in [2.24, 2.45) is 4.99 Å². The summed E-state index contributed by atoms with van der Waals surface area (Å²) in [6.07, 6.45) is 5.10. The first-order chi connectivity index (χ1) is 10.2. The van der Waals surface area contributed by atoms with Crippen LogP contribution in [0.5, 0.6) is 0 Å². The predicted molar refractivity (Wildman–Crippen MR) is 102 cm³/mol. The second-order valence-corrected chi connectivity index (χ2v) is 5.03. The molecule has 0 fully saturated rings. The molecule has 0 aliphatic rings. The zero-order valence-electron chi connectivity index (χ0n) is 13.1. The summed E-state index contributed by atoms with van der Waals surface area (Å²) in [7, 11) is 1.77. The van der Waals surface area contributed by atoms with Crippen LogP contribution in [0.25, 0.3) is 10.9 Å². The molecule has 3 N–H and O–H groups in total. The van der Waals surface area contributed by atoms with Crippen molar-refractivity contribution in [2.45, 2.75) is 26.2 Å². The zero-order valence-corrected chi connectivity index (χ0v) is 15.4. The van der Waals surface area contributed by atoms with Crippen LogP contribution >= 0.6 is 24.0 Å². The molecule has 0 aliphatic carbocycles. The molecule has 0 atom stereocenters. The molecular formula is C16H24FIN4. The van der Waals surface area contributed by atoms with Gasteiger partial charge in [0.25, 0.3) is 0 Å². The molecule has 2 rings (SSSR count). The van der Waals surface area contributed by atoms with E-state index in [4.69, 9.17) is 0 Å². The van der Waals surface area contributed by atoms with Crippen molar-refractivity contribution in [2.75, 3.05) is 20.1 Å². The Morgan fingerprint density at radius 3 is 2.77 bits per heavy atom. The average molecular weight is 418 g/mol. The van der Waals surface area contributed by atoms with Crippen molar-refractivity contribution >= 4 is 40.8 Å². The highest BCUT2D eigenvalue weighted by Crippen LogP contribution is 2.19. The van der Waals surface area contributed by atoms with Crippen molar-refractivity contribution < 1.29 is 4.39 Å². The second kappa shape index (κ2) is 9.66. The van der Waals surface area contributed by atoms with Gasteiger partial charge in [0, 0.05) is 37.2 Å². The second-order valence-electron chi connectivity index (χ2n) is 5.03. The summed E-state index contributed by atoms with van der Waals surface area (Å²) in [6.45, 7) is 3.89. The van der Waals surface area contributed by atoms with E-state index in [1.54, 1.807) is 7.05 Å². The lowest BCUT2D eigenvalue weighted by atomic mass is 10.1. The maximum absolute atomic E-state index is 13.1. The van der Waals surface area contributed by atoms with Crippen molar-refractivity contribution in [3.05, 3.63) is 35.8 Å². The number of fused-ring (bicyclic) bond motifs is 1. The van der Waals surface area contributed by atoms with Crippen LogP contribution in [0.2, 0.25) is 0 Å². The molecule has 0 unspecified atom stereocenters. The monoisotopic (exact) mass is 418 g/mol. The Hall–Kier alpha value is -1.31. The number of aromatic nitrogens is 1. The van der Waals surface area contributed by atoms with E-state index >= 15 is 0 Å². The molecule has 1 aromatic heterocycles. The van der Waals surface area contributed by atoms with Crippen LogP contribution in [0.1, 0.15) is 25.3 Å². The van der Waals surface area contributed by atoms with Crippen molar-refractivity contribution in [1.29, 1.82) is 0 Å². The topological polar surface area (TPSA) is 52.2 Å². The van der Waals surface area contributed by atoms with Gasteiger partial charge < -0.3 is 15.6 Å². The maximum Gasteiger partial charge on any atom is 0.190 e. The van der Waals surface area contributed by atoms with E-state index in [9.17, 15) is 4.39 Å². The van der Waals surface area contributed by atoms with Gasteiger partial charge in [-0.15, -0.1) is 24.0 Å². The molecule has 0 saturated carbocycles. The van der Waals surface area contributed by atoms with Crippen LogP contribution in [-0.2, 0) is 6.42 Å². The Balaban J connectivity index is 0.00000242. The molecule has 1 aromatic carbocycles. The van der Waals surface area contributed by atoms with Crippen LogP contribution in [-0.4, -0.2) is 31.1 Å². The molecule has 1 heterocycles. The number of guanidine groups is 1. The number of benzene rings is 1. The van der Waals surface area contributed by atoms with Crippen LogP contribution in [0.3, 0.4) is 0 Å². The quantitative estimate of drug-likeness (QED) is 0.292. The summed E-state index contributed by atoms with van der Waals surface area (Å²) in [6, 6.07) is 4.85. The SMILES string of the molecule is CCCCNC(=NC)NCCc1c[nH]c2cc(F)ccc12.I. The van der Waals surface area contributed by atoms with Crippen LogP contribution in [0.4, 0.5) is 4.39 Å². The van der Waals surface area contributed by atoms with Gasteiger partial charge >= 0.3 is 0 Å². The summed E-state index contributed by atoms with van der Waals surface area (Å²) < 4.78 is 13.1. The van der Waals surface area contributed by atoms with Gasteiger partial charge in [-0.25, -0.2) is 4.39 Å². The Kier molecular flexibility index (Phi) is 8.22. The third-order valence-electron chi connectivity index (χ3n) is 3.46. The van der Waals surface area contributed by atoms with Crippen LogP contribution in [0.15, 0.2) is 29.4 Å². The average Bonchev–Trinajstić information content (AvgIpc) is 2.88. The van der Waals surface area contributed by atoms with Gasteiger partial charge in [0.15, 0.2) is 5.96 Å². The number of halogens is 2. The Morgan fingerprint density at radius 1 is 1.27 bits per heavy atom. The molecule has 22 heavy (non-hydrogen) atoms. The summed E-state index contributed by atoms with van der Waals surface area (Å²) >= 11 is 0. The lowest BCUT2D eigenvalue weighted by Crippen LogP contribution is -2.38. The van der Waals surface area contributed by atoms with E-state index in [1.165, 1.54) is 17.7 Å². The highest BCUT2D eigenvalue weighted by molar-refractivity contribution is 14.0. The number of nitrogens with one attached hydrogen (secondary N) is 3. The van der Waals surface area contributed by atoms with Crippen molar-refractivity contribution in [3.63, 3.8) is 0 Å². The number of H-pyrrole nitrogens is 1. The minimum Gasteiger partial charge on any atom is -0.361 e. The smallest absolute Gasteiger partial charge is 0.190 e. The van der Waals surface area contributed by atoms with Gasteiger partial charge in [0.1, 0.15) is 5.82 Å². The summed E-state index contributed by atoms with van der Waals surface area (Å²) in [4.78, 5) is 7.30. The number of nitrogens with zero attached hydrogens (tertiary/aromatic N) is 1. The standard InChI is InChI=1S/C16H23FN4.HI/c1-3-4-8-19-16(18-2)20-9-7-12-11-21-15-10-13(17)5-6-14(12)15;/h5-6,10-11,21H,3-4,7-9H2,1-2H3,(H2,18,19,20);1H. The normalized spacial score (nSPS) is 11.3. The molecule has 0 radical (unpaired) electrons. The first-order valence-electron chi connectivity index (χ1n) is 7.44. The third kappa shape index (κ3) is 5.15. The maximum atomic E-state index is 13.1. The Morgan fingerprint density at radius 2 is 2.05 bits per heavy atom. The minimum absolute atomic E-state index is 0.